The average molecular weight is 302 g/mol. The van der Waals surface area contributed by atoms with Gasteiger partial charge in [-0.2, -0.15) is 0 Å². The Morgan fingerprint density at radius 1 is 1.23 bits per heavy atom. The lowest BCUT2D eigenvalue weighted by atomic mass is 10.0. The van der Waals surface area contributed by atoms with E-state index in [1.54, 1.807) is 17.0 Å². The number of carbonyl (C=O) groups is 1. The molecule has 1 amide bonds. The topological polar surface area (TPSA) is 58.1 Å². The van der Waals surface area contributed by atoms with E-state index in [1.165, 1.54) is 24.5 Å². The molecule has 1 atom stereocenters. The molecule has 0 aliphatic heterocycles. The molecule has 0 saturated carbocycles. The highest BCUT2D eigenvalue weighted by molar-refractivity contribution is 5.93. The summed E-state index contributed by atoms with van der Waals surface area (Å²) in [5.41, 5.74) is 1.26. The number of halogens is 1. The van der Waals surface area contributed by atoms with Gasteiger partial charge in [-0.1, -0.05) is 19.1 Å². The van der Waals surface area contributed by atoms with Crippen LogP contribution in [0.1, 0.15) is 35.3 Å². The molecule has 1 aromatic heterocycles. The van der Waals surface area contributed by atoms with Gasteiger partial charge in [0, 0.05) is 26.5 Å². The molecule has 2 rings (SSSR count). The molecule has 0 bridgehead atoms. The van der Waals surface area contributed by atoms with Crippen molar-refractivity contribution in [1.29, 1.82) is 0 Å². The number of aromatic nitrogens is 2. The average Bonchev–Trinajstić information content (AvgIpc) is 2.53. The lowest BCUT2D eigenvalue weighted by Crippen LogP contribution is -2.28. The largest absolute Gasteiger partial charge is 0.347 e. The molecule has 0 saturated heterocycles. The number of hydrogen-bond acceptors (Lipinski definition) is 4. The maximum absolute atomic E-state index is 13.0. The molecule has 2 aromatic rings. The minimum atomic E-state index is -0.294. The fourth-order valence-electron chi connectivity index (χ4n) is 2.03. The minimum absolute atomic E-state index is 0.179. The predicted molar refractivity (Wildman–Crippen MR) is 83.3 cm³/mol. The van der Waals surface area contributed by atoms with Crippen molar-refractivity contribution in [2.24, 2.45) is 0 Å². The third-order valence-electron chi connectivity index (χ3n) is 3.29. The van der Waals surface area contributed by atoms with Crippen molar-refractivity contribution in [3.63, 3.8) is 0 Å². The Kier molecular flexibility index (Phi) is 5.04. The van der Waals surface area contributed by atoms with Crippen LogP contribution in [0.4, 0.5) is 10.3 Å². The van der Waals surface area contributed by atoms with Crippen molar-refractivity contribution in [2.45, 2.75) is 19.4 Å². The minimum Gasteiger partial charge on any atom is -0.347 e. The Morgan fingerprint density at radius 3 is 2.32 bits per heavy atom. The number of hydrogen-bond donors (Lipinski definition) is 1. The van der Waals surface area contributed by atoms with Gasteiger partial charge in [-0.25, -0.2) is 14.4 Å². The van der Waals surface area contributed by atoms with Crippen molar-refractivity contribution in [3.8, 4) is 0 Å². The van der Waals surface area contributed by atoms with Crippen molar-refractivity contribution < 1.29 is 9.18 Å². The molecule has 0 radical (unpaired) electrons. The maximum atomic E-state index is 13.0. The second kappa shape index (κ2) is 6.98. The van der Waals surface area contributed by atoms with Crippen LogP contribution in [0.25, 0.3) is 0 Å². The van der Waals surface area contributed by atoms with Gasteiger partial charge in [-0.15, -0.1) is 0 Å². The highest BCUT2D eigenvalue weighted by Gasteiger charge is 2.15. The summed E-state index contributed by atoms with van der Waals surface area (Å²) in [4.78, 5) is 22.3. The van der Waals surface area contributed by atoms with Crippen LogP contribution >= 0.6 is 0 Å². The molecular formula is C16H19FN4O. The van der Waals surface area contributed by atoms with E-state index in [-0.39, 0.29) is 17.8 Å². The van der Waals surface area contributed by atoms with Crippen molar-refractivity contribution in [3.05, 3.63) is 53.6 Å². The van der Waals surface area contributed by atoms with E-state index >= 15 is 0 Å². The summed E-state index contributed by atoms with van der Waals surface area (Å²) in [6.45, 7) is 1.96. The van der Waals surface area contributed by atoms with Gasteiger partial charge in [-0.3, -0.25) is 4.79 Å². The first-order chi connectivity index (χ1) is 10.5. The van der Waals surface area contributed by atoms with Crippen LogP contribution in [0.3, 0.4) is 0 Å². The van der Waals surface area contributed by atoms with Gasteiger partial charge in [0.15, 0.2) is 0 Å². The Hall–Kier alpha value is -2.50. The molecule has 1 heterocycles. The van der Waals surface area contributed by atoms with Gasteiger partial charge in [-0.05, 0) is 24.1 Å². The van der Waals surface area contributed by atoms with Gasteiger partial charge in [0.05, 0.1) is 11.6 Å². The zero-order valence-corrected chi connectivity index (χ0v) is 12.9. The number of anilines is 1. The van der Waals surface area contributed by atoms with E-state index in [1.807, 2.05) is 21.0 Å². The number of amides is 1. The standard InChI is InChI=1S/C16H19FN4O/c1-4-14(11-5-7-13(17)8-6-11)20-15(22)12-9-18-16(19-10-12)21(2)3/h5-10,14H,4H2,1-3H3,(H,20,22)/t14-/m0/s1. The van der Waals surface area contributed by atoms with E-state index < -0.39 is 0 Å². The van der Waals surface area contributed by atoms with Crippen LogP contribution in [0, 0.1) is 5.82 Å². The molecule has 0 spiro atoms. The Balaban J connectivity index is 2.10. The molecule has 6 heteroatoms. The first-order valence-corrected chi connectivity index (χ1v) is 7.07. The van der Waals surface area contributed by atoms with E-state index in [2.05, 4.69) is 15.3 Å². The number of benzene rings is 1. The smallest absolute Gasteiger partial charge is 0.254 e. The van der Waals surface area contributed by atoms with Crippen molar-refractivity contribution >= 4 is 11.9 Å². The van der Waals surface area contributed by atoms with Crippen LogP contribution in [0.15, 0.2) is 36.7 Å². The molecule has 1 aromatic carbocycles. The summed E-state index contributed by atoms with van der Waals surface area (Å²) >= 11 is 0. The van der Waals surface area contributed by atoms with Gasteiger partial charge in [0.25, 0.3) is 5.91 Å². The number of nitrogens with zero attached hydrogens (tertiary/aromatic N) is 3. The summed E-state index contributed by atoms with van der Waals surface area (Å²) in [5.74, 6) is 0.00112. The molecule has 116 valence electrons. The molecule has 0 fully saturated rings. The molecule has 0 aliphatic carbocycles. The SMILES string of the molecule is CC[C@H](NC(=O)c1cnc(N(C)C)nc1)c1ccc(F)cc1. The maximum Gasteiger partial charge on any atom is 0.254 e. The fraction of sp³-hybridized carbons (Fsp3) is 0.312. The van der Waals surface area contributed by atoms with E-state index in [4.69, 9.17) is 0 Å². The summed E-state index contributed by atoms with van der Waals surface area (Å²) in [5, 5.41) is 2.91. The lowest BCUT2D eigenvalue weighted by molar-refractivity contribution is 0.0935. The van der Waals surface area contributed by atoms with Crippen LogP contribution in [0.2, 0.25) is 0 Å². The molecule has 0 aliphatic rings. The van der Waals surface area contributed by atoms with Crippen LogP contribution < -0.4 is 10.2 Å². The van der Waals surface area contributed by atoms with Crippen LogP contribution in [0.5, 0.6) is 0 Å². The first kappa shape index (κ1) is 15.9. The second-order valence-corrected chi connectivity index (χ2v) is 5.15. The second-order valence-electron chi connectivity index (χ2n) is 5.15. The monoisotopic (exact) mass is 302 g/mol. The number of rotatable bonds is 5. The predicted octanol–water partition coefficient (Wildman–Crippen LogP) is 2.56. The highest BCUT2D eigenvalue weighted by Crippen LogP contribution is 2.17. The van der Waals surface area contributed by atoms with Gasteiger partial charge < -0.3 is 10.2 Å². The van der Waals surface area contributed by atoms with E-state index in [0.717, 1.165) is 5.56 Å². The fourth-order valence-corrected chi connectivity index (χ4v) is 2.03. The zero-order valence-electron chi connectivity index (χ0n) is 12.9. The summed E-state index contributed by atoms with van der Waals surface area (Å²) in [6, 6.07) is 5.95. The third-order valence-corrected chi connectivity index (χ3v) is 3.29. The van der Waals surface area contributed by atoms with Crippen LogP contribution in [-0.2, 0) is 0 Å². The van der Waals surface area contributed by atoms with E-state index in [9.17, 15) is 9.18 Å². The van der Waals surface area contributed by atoms with E-state index in [0.29, 0.717) is 17.9 Å². The molecule has 1 N–H and O–H groups in total. The summed E-state index contributed by atoms with van der Waals surface area (Å²) < 4.78 is 13.0. The van der Waals surface area contributed by atoms with Crippen molar-refractivity contribution in [1.82, 2.24) is 15.3 Å². The normalized spacial score (nSPS) is 11.8. The lowest BCUT2D eigenvalue weighted by Gasteiger charge is -2.17. The Bertz CT molecular complexity index is 626. The Morgan fingerprint density at radius 2 is 1.82 bits per heavy atom. The van der Waals surface area contributed by atoms with Gasteiger partial charge >= 0.3 is 0 Å². The van der Waals surface area contributed by atoms with Crippen LogP contribution in [-0.4, -0.2) is 30.0 Å². The number of carbonyl (C=O) groups excluding carboxylic acids is 1. The quantitative estimate of drug-likeness (QED) is 0.922. The van der Waals surface area contributed by atoms with Crippen molar-refractivity contribution in [2.75, 3.05) is 19.0 Å². The van der Waals surface area contributed by atoms with Gasteiger partial charge in [0.2, 0.25) is 5.95 Å². The number of nitrogens with one attached hydrogen (secondary N) is 1. The zero-order chi connectivity index (χ0) is 16.1. The first-order valence-electron chi connectivity index (χ1n) is 7.07. The molecule has 5 nitrogen and oxygen atoms in total. The molecular weight excluding hydrogens is 283 g/mol. The highest BCUT2D eigenvalue weighted by atomic mass is 19.1. The molecule has 0 unspecified atom stereocenters. The Labute approximate surface area is 129 Å². The molecule has 22 heavy (non-hydrogen) atoms. The van der Waals surface area contributed by atoms with Gasteiger partial charge in [0.1, 0.15) is 5.82 Å². The third kappa shape index (κ3) is 3.78. The summed E-state index contributed by atoms with van der Waals surface area (Å²) in [7, 11) is 3.66. The summed E-state index contributed by atoms with van der Waals surface area (Å²) in [6.07, 6.45) is 3.69.